The first kappa shape index (κ1) is 26.2. The Hall–Kier alpha value is -2.68. The monoisotopic (exact) mass is 562 g/mol. The summed E-state index contributed by atoms with van der Waals surface area (Å²) in [6.45, 7) is 3.58. The van der Waals surface area contributed by atoms with Crippen LogP contribution in [0.1, 0.15) is 91.2 Å². The van der Waals surface area contributed by atoms with Gasteiger partial charge in [-0.15, -0.1) is 0 Å². The van der Waals surface area contributed by atoms with E-state index in [1.54, 1.807) is 6.07 Å². The molecule has 0 amide bonds. The van der Waals surface area contributed by atoms with E-state index in [-0.39, 0.29) is 17.6 Å². The number of ketones is 1. The SMILES string of the molecule is O=C(CCCCN1CCC(F)CC1)c1ccc2c(c1)sc1nc(-c3cc(C4CC4)c([C@@H]4CCCN4)cc3F)cn12. The molecule has 4 aromatic rings. The van der Waals surface area contributed by atoms with Crippen LogP contribution in [0.15, 0.2) is 36.5 Å². The summed E-state index contributed by atoms with van der Waals surface area (Å²) < 4.78 is 31.8. The van der Waals surface area contributed by atoms with Gasteiger partial charge in [-0.3, -0.25) is 9.20 Å². The Labute approximate surface area is 237 Å². The smallest absolute Gasteiger partial charge is 0.195 e. The average Bonchev–Trinajstić information content (AvgIpc) is 3.34. The number of nitrogens with one attached hydrogen (secondary N) is 1. The topological polar surface area (TPSA) is 49.6 Å². The normalized spacial score (nSPS) is 20.7. The molecule has 1 atom stereocenters. The molecule has 1 N–H and O–H groups in total. The molecule has 3 fully saturated rings. The number of thiazole rings is 1. The van der Waals surface area contributed by atoms with Crippen molar-refractivity contribution in [2.24, 2.45) is 0 Å². The zero-order chi connectivity index (χ0) is 27.2. The summed E-state index contributed by atoms with van der Waals surface area (Å²) in [6.07, 6.45) is 9.42. The molecule has 2 aromatic carbocycles. The number of imidazole rings is 1. The van der Waals surface area contributed by atoms with Crippen LogP contribution < -0.4 is 5.32 Å². The van der Waals surface area contributed by atoms with E-state index in [0.717, 1.165) is 78.2 Å². The maximum atomic E-state index is 15.5. The summed E-state index contributed by atoms with van der Waals surface area (Å²) in [6, 6.07) is 9.92. The third-order valence-electron chi connectivity index (χ3n) is 8.96. The number of nitrogens with zero attached hydrogens (tertiary/aromatic N) is 3. The zero-order valence-electron chi connectivity index (χ0n) is 22.8. The predicted octanol–water partition coefficient (Wildman–Crippen LogP) is 7.44. The number of Topliss-reactive ketones (excluding diaryl/α,β-unsaturated/α-hetero) is 1. The molecule has 40 heavy (non-hydrogen) atoms. The van der Waals surface area contributed by atoms with E-state index in [2.05, 4.69) is 16.3 Å². The van der Waals surface area contributed by atoms with Gasteiger partial charge in [0.2, 0.25) is 0 Å². The van der Waals surface area contributed by atoms with Crippen molar-refractivity contribution in [3.05, 3.63) is 59.0 Å². The number of alkyl halides is 1. The van der Waals surface area contributed by atoms with Gasteiger partial charge in [-0.05, 0) is 112 Å². The molecule has 4 heterocycles. The predicted molar refractivity (Wildman–Crippen MR) is 157 cm³/mol. The summed E-state index contributed by atoms with van der Waals surface area (Å²) in [7, 11) is 0. The summed E-state index contributed by atoms with van der Waals surface area (Å²) in [5.74, 6) is 0.483. The molecule has 2 aliphatic heterocycles. The maximum Gasteiger partial charge on any atom is 0.195 e. The number of rotatable bonds is 9. The van der Waals surface area contributed by atoms with Crippen molar-refractivity contribution >= 4 is 32.3 Å². The van der Waals surface area contributed by atoms with Crippen LogP contribution in [-0.2, 0) is 0 Å². The Morgan fingerprint density at radius 1 is 1.05 bits per heavy atom. The van der Waals surface area contributed by atoms with Crippen molar-refractivity contribution in [3.8, 4) is 11.3 Å². The number of halogens is 2. The average molecular weight is 563 g/mol. The van der Waals surface area contributed by atoms with Gasteiger partial charge < -0.3 is 10.2 Å². The minimum atomic E-state index is -0.647. The van der Waals surface area contributed by atoms with Crippen molar-refractivity contribution in [3.63, 3.8) is 0 Å². The number of piperidine rings is 1. The van der Waals surface area contributed by atoms with Crippen LogP contribution in [0, 0.1) is 5.82 Å². The molecule has 8 heteroatoms. The van der Waals surface area contributed by atoms with Gasteiger partial charge in [0.15, 0.2) is 10.7 Å². The summed E-state index contributed by atoms with van der Waals surface area (Å²) in [5.41, 5.74) is 5.37. The van der Waals surface area contributed by atoms with Crippen LogP contribution in [0.25, 0.3) is 26.4 Å². The third-order valence-corrected chi connectivity index (χ3v) is 9.98. The molecule has 0 bridgehead atoms. The van der Waals surface area contributed by atoms with Gasteiger partial charge in [-0.2, -0.15) is 0 Å². The van der Waals surface area contributed by atoms with Crippen LogP contribution in [0.3, 0.4) is 0 Å². The number of benzene rings is 2. The highest BCUT2D eigenvalue weighted by Crippen LogP contribution is 2.46. The summed E-state index contributed by atoms with van der Waals surface area (Å²) in [5, 5.41) is 3.54. The third kappa shape index (κ3) is 5.21. The molecule has 210 valence electrons. The van der Waals surface area contributed by atoms with E-state index >= 15 is 4.39 Å². The Morgan fingerprint density at radius 2 is 1.90 bits per heavy atom. The number of aromatic nitrogens is 2. The van der Waals surface area contributed by atoms with Crippen LogP contribution in [0.2, 0.25) is 0 Å². The number of likely N-dealkylation sites (tertiary alicyclic amines) is 1. The molecule has 5 nitrogen and oxygen atoms in total. The van der Waals surface area contributed by atoms with Crippen molar-refractivity contribution in [1.29, 1.82) is 0 Å². The summed E-state index contributed by atoms with van der Waals surface area (Å²) >= 11 is 1.54. The lowest BCUT2D eigenvalue weighted by Crippen LogP contribution is -2.35. The molecular formula is C32H36F2N4OS. The van der Waals surface area contributed by atoms with Crippen LogP contribution >= 0.6 is 11.3 Å². The van der Waals surface area contributed by atoms with Crippen LogP contribution in [0.4, 0.5) is 8.78 Å². The zero-order valence-corrected chi connectivity index (χ0v) is 23.6. The van der Waals surface area contributed by atoms with Gasteiger partial charge in [0.1, 0.15) is 12.0 Å². The molecule has 7 rings (SSSR count). The van der Waals surface area contributed by atoms with Gasteiger partial charge >= 0.3 is 0 Å². The number of carbonyl (C=O) groups excluding carboxylic acids is 1. The second kappa shape index (κ2) is 11.0. The number of carbonyl (C=O) groups is 1. The van der Waals surface area contributed by atoms with Gasteiger partial charge in [0, 0.05) is 42.9 Å². The van der Waals surface area contributed by atoms with Crippen LogP contribution in [0.5, 0.6) is 0 Å². The molecule has 2 aromatic heterocycles. The first-order valence-electron chi connectivity index (χ1n) is 14.9. The minimum Gasteiger partial charge on any atom is -0.310 e. The molecule has 0 unspecified atom stereocenters. The standard InChI is InChI=1S/C32H36F2N4OS/c33-22-10-14-37(15-11-22)13-2-1-5-30(39)21-8-9-29-31(16-21)40-32-36-28(19-38(29)32)25-17-23(20-6-7-20)24(18-26(25)34)27-4-3-12-35-27/h8-9,16-20,22,27,35H,1-7,10-15H2/t27-/m0/s1. The highest BCUT2D eigenvalue weighted by molar-refractivity contribution is 7.23. The van der Waals surface area contributed by atoms with Crippen molar-refractivity contribution in [2.45, 2.75) is 75.9 Å². The van der Waals surface area contributed by atoms with Crippen molar-refractivity contribution in [2.75, 3.05) is 26.2 Å². The quantitative estimate of drug-likeness (QED) is 0.170. The minimum absolute atomic E-state index is 0.155. The van der Waals surface area contributed by atoms with E-state index in [0.29, 0.717) is 36.4 Å². The van der Waals surface area contributed by atoms with E-state index in [1.807, 2.05) is 28.8 Å². The van der Waals surface area contributed by atoms with E-state index in [4.69, 9.17) is 4.98 Å². The van der Waals surface area contributed by atoms with Gasteiger partial charge in [0.05, 0.1) is 15.9 Å². The van der Waals surface area contributed by atoms with E-state index in [1.165, 1.54) is 29.7 Å². The van der Waals surface area contributed by atoms with E-state index in [9.17, 15) is 9.18 Å². The van der Waals surface area contributed by atoms with E-state index < -0.39 is 6.17 Å². The molecular weight excluding hydrogens is 526 g/mol. The highest BCUT2D eigenvalue weighted by Gasteiger charge is 2.31. The fourth-order valence-electron chi connectivity index (χ4n) is 6.50. The van der Waals surface area contributed by atoms with Crippen molar-refractivity contribution in [1.82, 2.24) is 19.6 Å². The van der Waals surface area contributed by atoms with Crippen molar-refractivity contribution < 1.29 is 13.6 Å². The second-order valence-electron chi connectivity index (χ2n) is 11.8. The molecule has 2 saturated heterocycles. The molecule has 1 aliphatic carbocycles. The Bertz CT molecular complexity index is 1540. The first-order valence-corrected chi connectivity index (χ1v) is 15.7. The lowest BCUT2D eigenvalue weighted by atomic mass is 9.93. The fourth-order valence-corrected chi connectivity index (χ4v) is 7.54. The van der Waals surface area contributed by atoms with Gasteiger partial charge in [-0.1, -0.05) is 11.3 Å². The summed E-state index contributed by atoms with van der Waals surface area (Å²) in [4.78, 5) is 20.8. The first-order chi connectivity index (χ1) is 19.5. The molecule has 1 saturated carbocycles. The fraction of sp³-hybridized carbons (Fsp3) is 0.500. The number of unbranched alkanes of at least 4 members (excludes halogenated alkanes) is 1. The lowest BCUT2D eigenvalue weighted by molar-refractivity contribution is 0.0976. The number of hydrogen-bond acceptors (Lipinski definition) is 5. The van der Waals surface area contributed by atoms with Crippen LogP contribution in [-0.4, -0.2) is 52.4 Å². The molecule has 0 spiro atoms. The Morgan fingerprint density at radius 3 is 2.67 bits per heavy atom. The Kier molecular flexibility index (Phi) is 7.18. The highest BCUT2D eigenvalue weighted by atomic mass is 32.1. The lowest BCUT2D eigenvalue weighted by Gasteiger charge is -2.28. The molecule has 3 aliphatic rings. The largest absolute Gasteiger partial charge is 0.310 e. The number of fused-ring (bicyclic) bond motifs is 3. The number of hydrogen-bond donors (Lipinski definition) is 1. The Balaban J connectivity index is 1.06. The second-order valence-corrected chi connectivity index (χ2v) is 12.9. The van der Waals surface area contributed by atoms with Gasteiger partial charge in [0.25, 0.3) is 0 Å². The van der Waals surface area contributed by atoms with Gasteiger partial charge in [-0.25, -0.2) is 13.8 Å². The maximum absolute atomic E-state index is 15.5. The molecule has 0 radical (unpaired) electrons.